The first-order valence-corrected chi connectivity index (χ1v) is 9.02. The molecule has 1 saturated heterocycles. The summed E-state index contributed by atoms with van der Waals surface area (Å²) in [5.41, 5.74) is 3.09. The van der Waals surface area contributed by atoms with Crippen LogP contribution in [0, 0.1) is 0 Å². The van der Waals surface area contributed by atoms with E-state index in [0.717, 1.165) is 54.6 Å². The standard InChI is InChI=1S/C20H24N4O2/c1-23-9-11-24(12-10-23)20-18(15-21-14-17-8-5-13-25-17)19(22-26-20)16-6-3-2-4-7-16/h2-8,13,21H,9-12,14-15H2,1H3. The second-order valence-corrected chi connectivity index (χ2v) is 6.65. The van der Waals surface area contributed by atoms with Crippen LogP contribution >= 0.6 is 0 Å². The van der Waals surface area contributed by atoms with Crippen LogP contribution in [-0.2, 0) is 13.1 Å². The Morgan fingerprint density at radius 3 is 2.54 bits per heavy atom. The molecule has 0 unspecified atom stereocenters. The zero-order valence-corrected chi connectivity index (χ0v) is 15.0. The van der Waals surface area contributed by atoms with Crippen molar-refractivity contribution in [2.45, 2.75) is 13.1 Å². The van der Waals surface area contributed by atoms with E-state index in [4.69, 9.17) is 8.94 Å². The van der Waals surface area contributed by atoms with Crippen LogP contribution in [0.5, 0.6) is 0 Å². The molecule has 2 aromatic heterocycles. The third kappa shape index (κ3) is 3.66. The number of furan rings is 1. The van der Waals surface area contributed by atoms with Crippen molar-refractivity contribution in [3.63, 3.8) is 0 Å². The molecule has 1 aromatic carbocycles. The van der Waals surface area contributed by atoms with Crippen LogP contribution in [0.3, 0.4) is 0 Å². The summed E-state index contributed by atoms with van der Waals surface area (Å²) in [5.74, 6) is 1.80. The minimum Gasteiger partial charge on any atom is -0.468 e. The van der Waals surface area contributed by atoms with Gasteiger partial charge in [-0.3, -0.25) is 0 Å². The summed E-state index contributed by atoms with van der Waals surface area (Å²) in [7, 11) is 2.15. The molecule has 1 fully saturated rings. The van der Waals surface area contributed by atoms with Gasteiger partial charge in [0.05, 0.1) is 18.4 Å². The molecule has 26 heavy (non-hydrogen) atoms. The number of hydrogen-bond acceptors (Lipinski definition) is 6. The van der Waals surface area contributed by atoms with Gasteiger partial charge in [0.1, 0.15) is 11.5 Å². The number of aromatic nitrogens is 1. The average Bonchev–Trinajstić information content (AvgIpc) is 3.33. The van der Waals surface area contributed by atoms with E-state index >= 15 is 0 Å². The minimum absolute atomic E-state index is 0.675. The zero-order valence-electron chi connectivity index (χ0n) is 15.0. The number of nitrogens with one attached hydrogen (secondary N) is 1. The SMILES string of the molecule is CN1CCN(c2onc(-c3ccccc3)c2CNCc2ccco2)CC1. The van der Waals surface area contributed by atoms with Gasteiger partial charge in [-0.05, 0) is 19.2 Å². The van der Waals surface area contributed by atoms with Crippen LogP contribution in [0.25, 0.3) is 11.3 Å². The first-order valence-electron chi connectivity index (χ1n) is 9.02. The molecule has 0 radical (unpaired) electrons. The summed E-state index contributed by atoms with van der Waals surface area (Å²) in [6.07, 6.45) is 1.70. The predicted molar refractivity (Wildman–Crippen MR) is 101 cm³/mol. The monoisotopic (exact) mass is 352 g/mol. The van der Waals surface area contributed by atoms with Crippen LogP contribution < -0.4 is 10.2 Å². The first kappa shape index (κ1) is 16.9. The van der Waals surface area contributed by atoms with Crippen LogP contribution in [0.1, 0.15) is 11.3 Å². The van der Waals surface area contributed by atoms with Gasteiger partial charge >= 0.3 is 0 Å². The highest BCUT2D eigenvalue weighted by molar-refractivity contribution is 5.68. The number of hydrogen-bond donors (Lipinski definition) is 1. The summed E-state index contributed by atoms with van der Waals surface area (Å²) in [5, 5.41) is 7.86. The maximum absolute atomic E-state index is 5.81. The lowest BCUT2D eigenvalue weighted by atomic mass is 10.1. The molecule has 1 aliphatic rings. The number of rotatable bonds is 6. The van der Waals surface area contributed by atoms with E-state index in [2.05, 4.69) is 39.5 Å². The van der Waals surface area contributed by atoms with Crippen molar-refractivity contribution in [3.05, 3.63) is 60.1 Å². The maximum Gasteiger partial charge on any atom is 0.232 e. The van der Waals surface area contributed by atoms with E-state index in [-0.39, 0.29) is 0 Å². The Bertz CT molecular complexity index is 806. The molecule has 0 bridgehead atoms. The van der Waals surface area contributed by atoms with Crippen LogP contribution in [0.4, 0.5) is 5.88 Å². The second kappa shape index (κ2) is 7.76. The molecule has 4 rings (SSSR count). The normalized spacial score (nSPS) is 15.5. The van der Waals surface area contributed by atoms with E-state index in [1.807, 2.05) is 30.3 Å². The number of piperazine rings is 1. The van der Waals surface area contributed by atoms with Gasteiger partial charge in [0.2, 0.25) is 5.88 Å². The fourth-order valence-electron chi connectivity index (χ4n) is 3.26. The fraction of sp³-hybridized carbons (Fsp3) is 0.350. The molecule has 0 amide bonds. The van der Waals surface area contributed by atoms with Gasteiger partial charge < -0.3 is 24.1 Å². The predicted octanol–water partition coefficient (Wildman–Crippen LogP) is 2.98. The second-order valence-electron chi connectivity index (χ2n) is 6.65. The third-order valence-corrected chi connectivity index (χ3v) is 4.79. The highest BCUT2D eigenvalue weighted by Gasteiger charge is 2.24. The van der Waals surface area contributed by atoms with Crippen molar-refractivity contribution in [3.8, 4) is 11.3 Å². The lowest BCUT2D eigenvalue weighted by Crippen LogP contribution is -2.44. The van der Waals surface area contributed by atoms with Crippen molar-refractivity contribution in [1.82, 2.24) is 15.4 Å². The number of nitrogens with zero attached hydrogens (tertiary/aromatic N) is 3. The Labute approximate surface area is 153 Å². The molecule has 1 aliphatic heterocycles. The highest BCUT2D eigenvalue weighted by atomic mass is 16.5. The number of benzene rings is 1. The van der Waals surface area contributed by atoms with Crippen LogP contribution in [-0.4, -0.2) is 43.3 Å². The lowest BCUT2D eigenvalue weighted by molar-refractivity contribution is 0.299. The Hall–Kier alpha value is -2.57. The van der Waals surface area contributed by atoms with Crippen molar-refractivity contribution in [2.75, 3.05) is 38.1 Å². The number of anilines is 1. The fourth-order valence-corrected chi connectivity index (χ4v) is 3.26. The molecule has 1 N–H and O–H groups in total. The van der Waals surface area contributed by atoms with Gasteiger partial charge in [-0.1, -0.05) is 35.5 Å². The molecular weight excluding hydrogens is 328 g/mol. The lowest BCUT2D eigenvalue weighted by Gasteiger charge is -2.32. The Kier molecular flexibility index (Phi) is 5.04. The van der Waals surface area contributed by atoms with Gasteiger partial charge in [-0.15, -0.1) is 0 Å². The molecule has 3 aromatic rings. The van der Waals surface area contributed by atoms with E-state index in [9.17, 15) is 0 Å². The Balaban J connectivity index is 1.57. The summed E-state index contributed by atoms with van der Waals surface area (Å²) in [4.78, 5) is 4.63. The quantitative estimate of drug-likeness (QED) is 0.736. The molecular formula is C20H24N4O2. The maximum atomic E-state index is 5.81. The number of likely N-dealkylation sites (N-methyl/N-ethyl adjacent to an activating group) is 1. The molecule has 0 atom stereocenters. The molecule has 0 saturated carbocycles. The minimum atomic E-state index is 0.675. The van der Waals surface area contributed by atoms with Gasteiger partial charge in [0.15, 0.2) is 0 Å². The summed E-state index contributed by atoms with van der Waals surface area (Å²) < 4.78 is 11.2. The third-order valence-electron chi connectivity index (χ3n) is 4.79. The van der Waals surface area contributed by atoms with E-state index in [0.29, 0.717) is 13.1 Å². The first-order chi connectivity index (χ1) is 12.8. The molecule has 0 spiro atoms. The van der Waals surface area contributed by atoms with Gasteiger partial charge in [0.25, 0.3) is 0 Å². The van der Waals surface area contributed by atoms with Gasteiger partial charge in [0, 0.05) is 38.3 Å². The topological polar surface area (TPSA) is 57.7 Å². The van der Waals surface area contributed by atoms with Crippen molar-refractivity contribution in [1.29, 1.82) is 0 Å². The summed E-state index contributed by atoms with van der Waals surface area (Å²) in [6.45, 7) is 5.31. The van der Waals surface area contributed by atoms with E-state index in [1.165, 1.54) is 0 Å². The highest BCUT2D eigenvalue weighted by Crippen LogP contribution is 2.31. The van der Waals surface area contributed by atoms with Crippen molar-refractivity contribution >= 4 is 5.88 Å². The Morgan fingerprint density at radius 1 is 1.00 bits per heavy atom. The molecule has 3 heterocycles. The van der Waals surface area contributed by atoms with Gasteiger partial charge in [-0.25, -0.2) is 0 Å². The largest absolute Gasteiger partial charge is 0.468 e. The zero-order chi connectivity index (χ0) is 17.8. The molecule has 6 nitrogen and oxygen atoms in total. The summed E-state index contributed by atoms with van der Waals surface area (Å²) >= 11 is 0. The van der Waals surface area contributed by atoms with Gasteiger partial charge in [-0.2, -0.15) is 0 Å². The van der Waals surface area contributed by atoms with Crippen LogP contribution in [0.15, 0.2) is 57.7 Å². The van der Waals surface area contributed by atoms with Crippen molar-refractivity contribution in [2.24, 2.45) is 0 Å². The smallest absolute Gasteiger partial charge is 0.232 e. The molecule has 6 heteroatoms. The molecule has 136 valence electrons. The van der Waals surface area contributed by atoms with E-state index < -0.39 is 0 Å². The molecule has 0 aliphatic carbocycles. The average molecular weight is 352 g/mol. The van der Waals surface area contributed by atoms with Crippen LogP contribution in [0.2, 0.25) is 0 Å². The Morgan fingerprint density at radius 2 is 1.81 bits per heavy atom. The van der Waals surface area contributed by atoms with Crippen molar-refractivity contribution < 1.29 is 8.94 Å². The van der Waals surface area contributed by atoms with E-state index in [1.54, 1.807) is 6.26 Å². The summed E-state index contributed by atoms with van der Waals surface area (Å²) in [6, 6.07) is 14.1.